The van der Waals surface area contributed by atoms with Gasteiger partial charge in [0.1, 0.15) is 33.8 Å². The van der Waals surface area contributed by atoms with Crippen LogP contribution >= 0.6 is 0 Å². The summed E-state index contributed by atoms with van der Waals surface area (Å²) in [6, 6.07) is 6.88. The average molecular weight is 659 g/mol. The van der Waals surface area contributed by atoms with Crippen molar-refractivity contribution in [1.29, 1.82) is 0 Å². The summed E-state index contributed by atoms with van der Waals surface area (Å²) in [7, 11) is -2.87. The lowest BCUT2D eigenvalue weighted by Crippen LogP contribution is -2.50. The van der Waals surface area contributed by atoms with Crippen molar-refractivity contribution in [3.8, 4) is 0 Å². The lowest BCUT2D eigenvalue weighted by molar-refractivity contribution is -0.139. The van der Waals surface area contributed by atoms with E-state index in [9.17, 15) is 46.3 Å². The van der Waals surface area contributed by atoms with Gasteiger partial charge in [-0.1, -0.05) is 12.1 Å². The smallest absolute Gasteiger partial charge is 0.331 e. The predicted octanol–water partition coefficient (Wildman–Crippen LogP) is 2.12. The molecule has 0 unspecified atom stereocenters. The predicted molar refractivity (Wildman–Crippen MR) is 159 cm³/mol. The standard InChI is InChI=1S/C29H28F2N6O8S/c1-3-32-26(39)22-9-8-19(15-33-22)46(44,45)35-17-13-20(30)25(21(31)14-17)27(40)34-23(28(41)42)12-16-4-6-18(7-5-16)37-24(38)10-11-36(2)29(37)43/h4-9,13-15,23,35H,3,10-12H2,1-2H3,(H,32,39)(H,34,40)(H,41,42)/t23-/m0/s1. The first kappa shape index (κ1) is 33.4. The molecule has 46 heavy (non-hydrogen) atoms. The highest BCUT2D eigenvalue weighted by molar-refractivity contribution is 7.92. The Morgan fingerprint density at radius 3 is 2.24 bits per heavy atom. The molecule has 242 valence electrons. The van der Waals surface area contributed by atoms with Crippen molar-refractivity contribution in [2.45, 2.75) is 30.7 Å². The van der Waals surface area contributed by atoms with Gasteiger partial charge in [0.25, 0.3) is 21.8 Å². The molecular weight excluding hydrogens is 630 g/mol. The number of halogens is 2. The Labute approximate surface area is 261 Å². The fourth-order valence-electron chi connectivity index (χ4n) is 4.44. The second kappa shape index (κ2) is 13.7. The number of carbonyl (C=O) groups excluding carboxylic acids is 4. The van der Waals surface area contributed by atoms with Crippen LogP contribution in [-0.4, -0.2) is 79.3 Å². The molecule has 0 spiro atoms. The molecule has 0 radical (unpaired) electrons. The summed E-state index contributed by atoms with van der Waals surface area (Å²) in [5.74, 6) is -6.82. The number of anilines is 2. The number of nitrogens with zero attached hydrogens (tertiary/aromatic N) is 3. The molecule has 4 rings (SSSR count). The fraction of sp³-hybridized carbons (Fsp3) is 0.241. The highest BCUT2D eigenvalue weighted by Gasteiger charge is 2.31. The molecule has 4 N–H and O–H groups in total. The van der Waals surface area contributed by atoms with Crippen LogP contribution in [0, 0.1) is 11.6 Å². The van der Waals surface area contributed by atoms with E-state index in [0.29, 0.717) is 24.2 Å². The van der Waals surface area contributed by atoms with Gasteiger partial charge in [0, 0.05) is 39.2 Å². The van der Waals surface area contributed by atoms with E-state index < -0.39 is 73.6 Å². The molecule has 0 aliphatic carbocycles. The SMILES string of the molecule is CCNC(=O)c1ccc(S(=O)(=O)Nc2cc(F)c(C(=O)N[C@@H](Cc3ccc(N4C(=O)CCN(C)C4=O)cc3)C(=O)O)c(F)c2)cn1. The van der Waals surface area contributed by atoms with Crippen LogP contribution in [0.1, 0.15) is 39.8 Å². The van der Waals surface area contributed by atoms with Gasteiger partial charge in [0.2, 0.25) is 5.91 Å². The zero-order valence-electron chi connectivity index (χ0n) is 24.4. The van der Waals surface area contributed by atoms with Crippen LogP contribution in [0.4, 0.5) is 25.0 Å². The summed E-state index contributed by atoms with van der Waals surface area (Å²) in [5.41, 5.74) is -1.16. The molecule has 0 bridgehead atoms. The normalized spacial score (nSPS) is 14.1. The van der Waals surface area contributed by atoms with E-state index in [-0.39, 0.29) is 30.8 Å². The molecular formula is C29H28F2N6O8S. The molecule has 14 nitrogen and oxygen atoms in total. The van der Waals surface area contributed by atoms with Crippen LogP contribution in [-0.2, 0) is 26.0 Å². The summed E-state index contributed by atoms with van der Waals surface area (Å²) in [4.78, 5) is 66.9. The van der Waals surface area contributed by atoms with Crippen molar-refractivity contribution in [2.75, 3.05) is 29.8 Å². The van der Waals surface area contributed by atoms with E-state index >= 15 is 0 Å². The first-order valence-electron chi connectivity index (χ1n) is 13.7. The highest BCUT2D eigenvalue weighted by Crippen LogP contribution is 2.24. The zero-order chi connectivity index (χ0) is 33.8. The number of amides is 5. The second-order valence-corrected chi connectivity index (χ2v) is 11.8. The molecule has 1 saturated heterocycles. The van der Waals surface area contributed by atoms with Crippen molar-refractivity contribution in [3.05, 3.63) is 83.2 Å². The third-order valence-corrected chi connectivity index (χ3v) is 8.17. The fourth-order valence-corrected chi connectivity index (χ4v) is 5.42. The number of pyridine rings is 1. The number of rotatable bonds is 11. The Bertz CT molecular complexity index is 1780. The van der Waals surface area contributed by atoms with Crippen molar-refractivity contribution in [1.82, 2.24) is 20.5 Å². The molecule has 1 aliphatic rings. The molecule has 2 heterocycles. The van der Waals surface area contributed by atoms with E-state index in [1.165, 1.54) is 29.2 Å². The van der Waals surface area contributed by atoms with Gasteiger partial charge in [-0.2, -0.15) is 0 Å². The minimum absolute atomic E-state index is 0.0524. The maximum atomic E-state index is 14.9. The third kappa shape index (κ3) is 7.43. The van der Waals surface area contributed by atoms with E-state index in [0.717, 1.165) is 23.2 Å². The number of carbonyl (C=O) groups is 5. The quantitative estimate of drug-likeness (QED) is 0.239. The van der Waals surface area contributed by atoms with Crippen LogP contribution < -0.4 is 20.3 Å². The number of aromatic nitrogens is 1. The summed E-state index contributed by atoms with van der Waals surface area (Å²) in [5, 5.41) is 14.2. The van der Waals surface area contributed by atoms with Crippen LogP contribution in [0.2, 0.25) is 0 Å². The van der Waals surface area contributed by atoms with Crippen molar-refractivity contribution >= 4 is 51.1 Å². The Balaban J connectivity index is 1.46. The molecule has 3 aromatic rings. The maximum Gasteiger partial charge on any atom is 0.331 e. The number of nitrogens with one attached hydrogen (secondary N) is 3. The van der Waals surface area contributed by atoms with Crippen molar-refractivity contribution in [3.63, 3.8) is 0 Å². The summed E-state index contributed by atoms with van der Waals surface area (Å²) in [6.45, 7) is 2.28. The Kier molecular flexibility index (Phi) is 9.94. The third-order valence-electron chi connectivity index (χ3n) is 6.80. The summed E-state index contributed by atoms with van der Waals surface area (Å²) in [6.07, 6.45) is 0.687. The molecule has 5 amide bonds. The van der Waals surface area contributed by atoms with Gasteiger partial charge in [0.05, 0.1) is 11.4 Å². The van der Waals surface area contributed by atoms with Crippen molar-refractivity contribution < 1.29 is 46.3 Å². The van der Waals surface area contributed by atoms with E-state index in [1.54, 1.807) is 14.0 Å². The minimum atomic E-state index is -4.42. The molecule has 0 saturated carbocycles. The Morgan fingerprint density at radius 2 is 1.67 bits per heavy atom. The minimum Gasteiger partial charge on any atom is -0.480 e. The molecule has 1 atom stereocenters. The Hall–Kier alpha value is -5.45. The molecule has 1 aromatic heterocycles. The number of aliphatic carboxylic acids is 1. The van der Waals surface area contributed by atoms with Gasteiger partial charge in [-0.3, -0.25) is 19.1 Å². The molecule has 1 aliphatic heterocycles. The summed E-state index contributed by atoms with van der Waals surface area (Å²) >= 11 is 0. The van der Waals surface area contributed by atoms with Gasteiger partial charge in [0.15, 0.2) is 0 Å². The lowest BCUT2D eigenvalue weighted by atomic mass is 10.0. The summed E-state index contributed by atoms with van der Waals surface area (Å²) < 4.78 is 57.3. The van der Waals surface area contributed by atoms with Crippen molar-refractivity contribution in [2.24, 2.45) is 0 Å². The zero-order valence-corrected chi connectivity index (χ0v) is 25.2. The molecule has 2 aromatic carbocycles. The lowest BCUT2D eigenvalue weighted by Gasteiger charge is -2.31. The number of carboxylic acid groups (broad SMARTS) is 1. The van der Waals surface area contributed by atoms with Gasteiger partial charge in [-0.25, -0.2) is 36.7 Å². The van der Waals surface area contributed by atoms with Crippen LogP contribution in [0.25, 0.3) is 0 Å². The van der Waals surface area contributed by atoms with Gasteiger partial charge < -0.3 is 20.6 Å². The number of hydrogen-bond donors (Lipinski definition) is 4. The van der Waals surface area contributed by atoms with Crippen LogP contribution in [0.15, 0.2) is 59.6 Å². The van der Waals surface area contributed by atoms with E-state index in [2.05, 4.69) is 15.6 Å². The number of sulfonamides is 1. The Morgan fingerprint density at radius 1 is 1.02 bits per heavy atom. The first-order valence-corrected chi connectivity index (χ1v) is 15.2. The number of carboxylic acids is 1. The maximum absolute atomic E-state index is 14.9. The number of hydrogen-bond acceptors (Lipinski definition) is 8. The van der Waals surface area contributed by atoms with E-state index in [1.807, 2.05) is 4.72 Å². The molecule has 17 heteroatoms. The highest BCUT2D eigenvalue weighted by atomic mass is 32.2. The molecule has 1 fully saturated rings. The second-order valence-electron chi connectivity index (χ2n) is 10.1. The van der Waals surface area contributed by atoms with Gasteiger partial charge in [-0.15, -0.1) is 0 Å². The average Bonchev–Trinajstić information content (AvgIpc) is 2.99. The topological polar surface area (TPSA) is 195 Å². The number of urea groups is 1. The van der Waals surface area contributed by atoms with Gasteiger partial charge in [-0.05, 0) is 48.9 Å². The first-order chi connectivity index (χ1) is 21.7. The van der Waals surface area contributed by atoms with Gasteiger partial charge >= 0.3 is 12.0 Å². The van der Waals surface area contributed by atoms with Crippen LogP contribution in [0.3, 0.4) is 0 Å². The van der Waals surface area contributed by atoms with E-state index in [4.69, 9.17) is 0 Å². The number of imide groups is 1. The van der Waals surface area contributed by atoms with Crippen LogP contribution in [0.5, 0.6) is 0 Å². The number of benzene rings is 2. The monoisotopic (exact) mass is 658 g/mol. The largest absolute Gasteiger partial charge is 0.480 e.